The third-order valence-corrected chi connectivity index (χ3v) is 5.39. The molecule has 3 aliphatic rings. The number of hydrogen-bond acceptors (Lipinski definition) is 5. The molecule has 2 saturated heterocycles. The highest BCUT2D eigenvalue weighted by Gasteiger charge is 2.42. The molecule has 3 heterocycles. The van der Waals surface area contributed by atoms with Crippen LogP contribution >= 0.6 is 0 Å². The number of rotatable bonds is 3. The maximum absolute atomic E-state index is 5.79. The first-order chi connectivity index (χ1) is 10.2. The molecule has 0 aromatic carbocycles. The second kappa shape index (κ2) is 5.13. The smallest absolute Gasteiger partial charge is 0.134 e. The molecule has 1 spiro atoms. The van der Waals surface area contributed by atoms with Gasteiger partial charge in [0.2, 0.25) is 0 Å². The Morgan fingerprint density at radius 1 is 1.19 bits per heavy atom. The van der Waals surface area contributed by atoms with Crippen molar-refractivity contribution >= 4 is 11.6 Å². The topological polar surface area (TPSA) is 58.3 Å². The highest BCUT2D eigenvalue weighted by molar-refractivity contribution is 5.47. The van der Waals surface area contributed by atoms with Crippen LogP contribution in [-0.4, -0.2) is 47.6 Å². The van der Waals surface area contributed by atoms with Crippen molar-refractivity contribution < 1.29 is 0 Å². The lowest BCUT2D eigenvalue weighted by atomic mass is 9.79. The molecule has 0 bridgehead atoms. The van der Waals surface area contributed by atoms with Gasteiger partial charge in [-0.3, -0.25) is 0 Å². The minimum Gasteiger partial charge on any atom is -0.384 e. The van der Waals surface area contributed by atoms with Crippen LogP contribution in [0.15, 0.2) is 12.4 Å². The van der Waals surface area contributed by atoms with Crippen molar-refractivity contribution in [2.24, 2.45) is 11.3 Å². The van der Waals surface area contributed by atoms with Crippen molar-refractivity contribution in [3.8, 4) is 0 Å². The van der Waals surface area contributed by atoms with Crippen molar-refractivity contribution in [1.29, 1.82) is 0 Å². The summed E-state index contributed by atoms with van der Waals surface area (Å²) < 4.78 is 0. The molecule has 21 heavy (non-hydrogen) atoms. The molecule has 2 aliphatic heterocycles. The molecule has 0 radical (unpaired) electrons. The lowest BCUT2D eigenvalue weighted by Gasteiger charge is -2.40. The van der Waals surface area contributed by atoms with Crippen LogP contribution in [0.5, 0.6) is 0 Å². The normalized spacial score (nSPS) is 30.2. The SMILES string of the molecule is Nc1cc(N2CC[C@@]3(CCCN(CC4CC4)C3)C2)ncn1. The molecule has 1 aromatic heterocycles. The summed E-state index contributed by atoms with van der Waals surface area (Å²) >= 11 is 0. The van der Waals surface area contributed by atoms with Crippen molar-refractivity contribution in [2.75, 3.05) is 43.4 Å². The van der Waals surface area contributed by atoms with Gasteiger partial charge in [0.15, 0.2) is 0 Å². The molecule has 5 nitrogen and oxygen atoms in total. The van der Waals surface area contributed by atoms with Crippen LogP contribution in [0.4, 0.5) is 11.6 Å². The van der Waals surface area contributed by atoms with Crippen LogP contribution < -0.4 is 10.6 Å². The van der Waals surface area contributed by atoms with E-state index in [1.807, 2.05) is 6.07 Å². The van der Waals surface area contributed by atoms with Crippen LogP contribution in [0.3, 0.4) is 0 Å². The van der Waals surface area contributed by atoms with Gasteiger partial charge < -0.3 is 15.5 Å². The Labute approximate surface area is 126 Å². The molecule has 1 atom stereocenters. The quantitative estimate of drug-likeness (QED) is 0.918. The summed E-state index contributed by atoms with van der Waals surface area (Å²) in [7, 11) is 0. The van der Waals surface area contributed by atoms with Gasteiger partial charge in [-0.25, -0.2) is 9.97 Å². The molecule has 3 fully saturated rings. The average Bonchev–Trinajstić information content (AvgIpc) is 3.19. The lowest BCUT2D eigenvalue weighted by Crippen LogP contribution is -2.45. The van der Waals surface area contributed by atoms with E-state index in [4.69, 9.17) is 5.73 Å². The number of aromatic nitrogens is 2. The van der Waals surface area contributed by atoms with Gasteiger partial charge in [0.1, 0.15) is 18.0 Å². The van der Waals surface area contributed by atoms with Gasteiger partial charge in [0, 0.05) is 37.7 Å². The third-order valence-electron chi connectivity index (χ3n) is 5.39. The fraction of sp³-hybridized carbons (Fsp3) is 0.750. The van der Waals surface area contributed by atoms with Crippen molar-refractivity contribution in [2.45, 2.75) is 32.1 Å². The Bertz CT molecular complexity index is 515. The molecule has 1 saturated carbocycles. The van der Waals surface area contributed by atoms with Crippen LogP contribution in [0.1, 0.15) is 32.1 Å². The standard InChI is InChI=1S/C16H25N5/c17-14-8-15(19-12-18-14)21-7-5-16(11-21)4-1-6-20(10-16)9-13-2-3-13/h8,12-13H,1-7,9-11H2,(H2,17,18,19)/t16-/m1/s1. The highest BCUT2D eigenvalue weighted by atomic mass is 15.2. The summed E-state index contributed by atoms with van der Waals surface area (Å²) in [5.41, 5.74) is 6.27. The van der Waals surface area contributed by atoms with E-state index in [9.17, 15) is 0 Å². The van der Waals surface area contributed by atoms with Gasteiger partial charge in [0.25, 0.3) is 0 Å². The van der Waals surface area contributed by atoms with E-state index in [0.717, 1.165) is 24.8 Å². The van der Waals surface area contributed by atoms with Crippen molar-refractivity contribution in [3.63, 3.8) is 0 Å². The first-order valence-electron chi connectivity index (χ1n) is 8.27. The lowest BCUT2D eigenvalue weighted by molar-refractivity contribution is 0.101. The zero-order valence-electron chi connectivity index (χ0n) is 12.7. The summed E-state index contributed by atoms with van der Waals surface area (Å²) in [5, 5.41) is 0. The Morgan fingerprint density at radius 3 is 2.90 bits per heavy atom. The summed E-state index contributed by atoms with van der Waals surface area (Å²) in [4.78, 5) is 13.5. The Kier molecular flexibility index (Phi) is 3.25. The number of piperidine rings is 1. The molecule has 4 rings (SSSR count). The largest absolute Gasteiger partial charge is 0.384 e. The van der Waals surface area contributed by atoms with Crippen LogP contribution in [-0.2, 0) is 0 Å². The molecular formula is C16H25N5. The van der Waals surface area contributed by atoms with Gasteiger partial charge in [0.05, 0.1) is 0 Å². The maximum Gasteiger partial charge on any atom is 0.134 e. The second-order valence-electron chi connectivity index (χ2n) is 7.25. The number of likely N-dealkylation sites (tertiary alicyclic amines) is 1. The average molecular weight is 287 g/mol. The fourth-order valence-corrected chi connectivity index (χ4v) is 4.13. The second-order valence-corrected chi connectivity index (χ2v) is 7.25. The van der Waals surface area contributed by atoms with Crippen molar-refractivity contribution in [3.05, 3.63) is 12.4 Å². The number of nitrogens with two attached hydrogens (primary N) is 1. The van der Waals surface area contributed by atoms with Gasteiger partial charge in [-0.05, 0) is 44.6 Å². The predicted molar refractivity (Wildman–Crippen MR) is 84.1 cm³/mol. The Hall–Kier alpha value is -1.36. The maximum atomic E-state index is 5.79. The van der Waals surface area contributed by atoms with Gasteiger partial charge in [-0.2, -0.15) is 0 Å². The van der Waals surface area contributed by atoms with E-state index < -0.39 is 0 Å². The molecule has 2 N–H and O–H groups in total. The summed E-state index contributed by atoms with van der Waals surface area (Å²) in [6.07, 6.45) is 8.50. The molecule has 1 aliphatic carbocycles. The number of nitrogen functional groups attached to an aromatic ring is 1. The van der Waals surface area contributed by atoms with Crippen LogP contribution in [0.2, 0.25) is 0 Å². The number of anilines is 2. The predicted octanol–water partition coefficient (Wildman–Crippen LogP) is 1.76. The van der Waals surface area contributed by atoms with Crippen molar-refractivity contribution in [1.82, 2.24) is 14.9 Å². The van der Waals surface area contributed by atoms with Gasteiger partial charge >= 0.3 is 0 Å². The number of nitrogens with zero attached hydrogens (tertiary/aromatic N) is 4. The minimum atomic E-state index is 0.479. The van der Waals surface area contributed by atoms with Crippen LogP contribution in [0.25, 0.3) is 0 Å². The monoisotopic (exact) mass is 287 g/mol. The van der Waals surface area contributed by atoms with E-state index in [-0.39, 0.29) is 0 Å². The minimum absolute atomic E-state index is 0.479. The third kappa shape index (κ3) is 2.84. The number of hydrogen-bond donors (Lipinski definition) is 1. The molecule has 0 unspecified atom stereocenters. The van der Waals surface area contributed by atoms with E-state index >= 15 is 0 Å². The summed E-state index contributed by atoms with van der Waals surface area (Å²) in [6, 6.07) is 1.91. The van der Waals surface area contributed by atoms with E-state index in [1.165, 1.54) is 51.7 Å². The van der Waals surface area contributed by atoms with Crippen LogP contribution in [0, 0.1) is 11.3 Å². The molecule has 0 amide bonds. The molecule has 114 valence electrons. The molecule has 1 aromatic rings. The fourth-order valence-electron chi connectivity index (χ4n) is 4.13. The van der Waals surface area contributed by atoms with E-state index in [2.05, 4.69) is 19.8 Å². The first-order valence-corrected chi connectivity index (χ1v) is 8.27. The summed E-state index contributed by atoms with van der Waals surface area (Å²) in [6.45, 7) is 6.15. The first kappa shape index (κ1) is 13.3. The molecular weight excluding hydrogens is 262 g/mol. The van der Waals surface area contributed by atoms with Gasteiger partial charge in [-0.15, -0.1) is 0 Å². The molecule has 5 heteroatoms. The zero-order chi connectivity index (χ0) is 14.3. The summed E-state index contributed by atoms with van der Waals surface area (Å²) in [5.74, 6) is 2.57. The zero-order valence-corrected chi connectivity index (χ0v) is 12.7. The van der Waals surface area contributed by atoms with E-state index in [0.29, 0.717) is 11.2 Å². The highest BCUT2D eigenvalue weighted by Crippen LogP contribution is 2.41. The van der Waals surface area contributed by atoms with Gasteiger partial charge in [-0.1, -0.05) is 0 Å². The Morgan fingerprint density at radius 2 is 2.10 bits per heavy atom. The van der Waals surface area contributed by atoms with E-state index in [1.54, 1.807) is 6.33 Å². The Balaban J connectivity index is 1.44.